The van der Waals surface area contributed by atoms with Gasteiger partial charge in [0.05, 0.1) is 11.1 Å². The number of nitrogens with two attached hydrogens (primary N) is 1. The Kier molecular flexibility index (Phi) is 12.0. The van der Waals surface area contributed by atoms with Crippen molar-refractivity contribution in [3.63, 3.8) is 0 Å². The third-order valence-electron chi connectivity index (χ3n) is 5.47. The first kappa shape index (κ1) is 31.1. The minimum Gasteiger partial charge on any atom is -0.478 e. The molecule has 3 amide bonds. The number of carbonyl (C=O) groups is 4. The average Bonchev–Trinajstić information content (AvgIpc) is 2.78. The molecule has 0 atom stereocenters. The van der Waals surface area contributed by atoms with E-state index < -0.39 is 22.3 Å². The maximum Gasteiger partial charge on any atom is 0.335 e. The largest absolute Gasteiger partial charge is 0.478 e. The van der Waals surface area contributed by atoms with Crippen molar-refractivity contribution in [2.45, 2.75) is 50.3 Å². The maximum atomic E-state index is 11.3. The van der Waals surface area contributed by atoms with E-state index in [1.165, 1.54) is 0 Å². The molecule has 0 saturated heterocycles. The number of carbonyl (C=O) groups excluding carboxylic acids is 2. The van der Waals surface area contributed by atoms with Gasteiger partial charge in [-0.3, -0.25) is 10.1 Å². The number of nitrogens with one attached hydrogen (secondary N) is 1. The molecule has 2 rings (SSSR count). The van der Waals surface area contributed by atoms with Crippen LogP contribution in [0.15, 0.2) is 48.5 Å². The van der Waals surface area contributed by atoms with Gasteiger partial charge in [-0.1, -0.05) is 67.9 Å². The standard InChI is InChI=1S/C17H16O4.C7H13BrN2O2.ClH/c1-17(2,13-7-3-11(4-8-13)15(18)19)14-9-5-12(6-10-14)16(20)21;1-3-7(8,4-2)5(11)10-6(9)12;/h3-10H,1-2H3,(H,18,19)(H,20,21);3-4H2,1-2H3,(H3,9,10,11,12);1H. The first-order valence-corrected chi connectivity index (χ1v) is 11.0. The molecule has 0 fully saturated rings. The molecule has 10 heteroatoms. The summed E-state index contributed by atoms with van der Waals surface area (Å²) in [4.78, 5) is 43.4. The number of rotatable bonds is 7. The number of amides is 3. The average molecular weight is 558 g/mol. The zero-order chi connectivity index (χ0) is 25.4. The zero-order valence-electron chi connectivity index (χ0n) is 19.4. The van der Waals surface area contributed by atoms with E-state index >= 15 is 0 Å². The Morgan fingerprint density at radius 1 is 0.824 bits per heavy atom. The van der Waals surface area contributed by atoms with E-state index in [2.05, 4.69) is 15.9 Å². The van der Waals surface area contributed by atoms with Crippen LogP contribution in [-0.4, -0.2) is 38.4 Å². The molecular formula is C24H30BrClN2O6. The highest BCUT2D eigenvalue weighted by atomic mass is 79.9. The molecular weight excluding hydrogens is 528 g/mol. The Morgan fingerprint density at radius 3 is 1.38 bits per heavy atom. The van der Waals surface area contributed by atoms with E-state index in [0.29, 0.717) is 12.8 Å². The van der Waals surface area contributed by atoms with Crippen LogP contribution in [0.3, 0.4) is 0 Å². The highest BCUT2D eigenvalue weighted by Crippen LogP contribution is 2.31. The molecule has 0 spiro atoms. The van der Waals surface area contributed by atoms with Crippen LogP contribution in [0.5, 0.6) is 0 Å². The molecule has 0 unspecified atom stereocenters. The van der Waals surface area contributed by atoms with Crippen molar-refractivity contribution < 1.29 is 29.4 Å². The smallest absolute Gasteiger partial charge is 0.335 e. The lowest BCUT2D eigenvalue weighted by Gasteiger charge is -2.26. The highest BCUT2D eigenvalue weighted by molar-refractivity contribution is 9.10. The normalized spacial score (nSPS) is 10.7. The van der Waals surface area contributed by atoms with Crippen molar-refractivity contribution in [1.82, 2.24) is 5.32 Å². The van der Waals surface area contributed by atoms with E-state index in [0.717, 1.165) is 11.1 Å². The van der Waals surface area contributed by atoms with Crippen LogP contribution >= 0.6 is 28.3 Å². The van der Waals surface area contributed by atoms with Gasteiger partial charge in [0, 0.05) is 5.41 Å². The number of carboxylic acids is 2. The fourth-order valence-electron chi connectivity index (χ4n) is 3.02. The van der Waals surface area contributed by atoms with Crippen LogP contribution in [0.25, 0.3) is 0 Å². The maximum absolute atomic E-state index is 11.3. The van der Waals surface area contributed by atoms with Crippen molar-refractivity contribution in [3.05, 3.63) is 70.8 Å². The number of carboxylic acid groups (broad SMARTS) is 2. The fourth-order valence-corrected chi connectivity index (χ4v) is 3.12. The summed E-state index contributed by atoms with van der Waals surface area (Å²) in [6, 6.07) is 12.6. The number of imide groups is 1. The lowest BCUT2D eigenvalue weighted by Crippen LogP contribution is -2.46. The lowest BCUT2D eigenvalue weighted by atomic mass is 9.78. The molecule has 0 bridgehead atoms. The molecule has 0 radical (unpaired) electrons. The van der Waals surface area contributed by atoms with Gasteiger partial charge in [0.1, 0.15) is 4.32 Å². The molecule has 0 aliphatic rings. The number of benzene rings is 2. The van der Waals surface area contributed by atoms with Crippen molar-refractivity contribution in [2.75, 3.05) is 0 Å². The van der Waals surface area contributed by atoms with E-state index in [-0.39, 0.29) is 34.9 Å². The summed E-state index contributed by atoms with van der Waals surface area (Å²) in [5.74, 6) is -2.28. The molecule has 0 aliphatic carbocycles. The molecule has 0 aromatic heterocycles. The molecule has 0 saturated carbocycles. The second kappa shape index (κ2) is 13.1. The van der Waals surface area contributed by atoms with E-state index in [4.69, 9.17) is 15.9 Å². The van der Waals surface area contributed by atoms with Crippen molar-refractivity contribution >= 4 is 52.2 Å². The van der Waals surface area contributed by atoms with E-state index in [1.54, 1.807) is 48.5 Å². The Bertz CT molecular complexity index is 944. The molecule has 0 aliphatic heterocycles. The van der Waals surface area contributed by atoms with Gasteiger partial charge in [-0.2, -0.15) is 0 Å². The minimum absolute atomic E-state index is 0. The van der Waals surface area contributed by atoms with Gasteiger partial charge >= 0.3 is 18.0 Å². The molecule has 0 heterocycles. The summed E-state index contributed by atoms with van der Waals surface area (Å²) in [5.41, 5.74) is 6.90. The van der Waals surface area contributed by atoms with E-state index in [1.807, 2.05) is 33.0 Å². The van der Waals surface area contributed by atoms with Gasteiger partial charge in [-0.15, -0.1) is 12.4 Å². The summed E-state index contributed by atoms with van der Waals surface area (Å²) in [7, 11) is 0. The quantitative estimate of drug-likeness (QED) is 0.354. The number of alkyl halides is 1. The van der Waals surface area contributed by atoms with Crippen molar-refractivity contribution in [2.24, 2.45) is 5.73 Å². The van der Waals surface area contributed by atoms with Crippen molar-refractivity contribution in [3.8, 4) is 0 Å². The van der Waals surface area contributed by atoms with Crippen LogP contribution in [0.1, 0.15) is 72.4 Å². The minimum atomic E-state index is -0.954. The number of primary amides is 1. The van der Waals surface area contributed by atoms with Gasteiger partial charge in [-0.25, -0.2) is 14.4 Å². The molecule has 5 N–H and O–H groups in total. The summed E-state index contributed by atoms with van der Waals surface area (Å²) in [6.07, 6.45) is 1.23. The number of hydrogen-bond donors (Lipinski definition) is 4. The second-order valence-corrected chi connectivity index (χ2v) is 9.40. The fraction of sp³-hybridized carbons (Fsp3) is 0.333. The molecule has 8 nitrogen and oxygen atoms in total. The number of urea groups is 1. The topological polar surface area (TPSA) is 147 Å². The first-order chi connectivity index (χ1) is 15.3. The Morgan fingerprint density at radius 2 is 1.15 bits per heavy atom. The van der Waals surface area contributed by atoms with Crippen molar-refractivity contribution in [1.29, 1.82) is 0 Å². The summed E-state index contributed by atoms with van der Waals surface area (Å²) < 4.78 is -0.665. The third-order valence-corrected chi connectivity index (χ3v) is 6.95. The number of halogens is 2. The van der Waals surface area contributed by atoms with E-state index in [9.17, 15) is 19.2 Å². The Balaban J connectivity index is 0.000000723. The number of hydrogen-bond acceptors (Lipinski definition) is 4. The van der Waals surface area contributed by atoms with Crippen LogP contribution in [0, 0.1) is 0 Å². The summed E-state index contributed by atoms with van der Waals surface area (Å²) in [6.45, 7) is 7.74. The predicted molar refractivity (Wildman–Crippen MR) is 136 cm³/mol. The number of aromatic carboxylic acids is 2. The molecule has 2 aromatic carbocycles. The second-order valence-electron chi connectivity index (χ2n) is 7.88. The first-order valence-electron chi connectivity index (χ1n) is 10.3. The predicted octanol–water partition coefficient (Wildman–Crippen LogP) is 4.97. The van der Waals surface area contributed by atoms with Gasteiger partial charge in [-0.05, 0) is 48.2 Å². The van der Waals surface area contributed by atoms with Crippen LogP contribution < -0.4 is 11.1 Å². The monoisotopic (exact) mass is 556 g/mol. The zero-order valence-corrected chi connectivity index (χ0v) is 21.8. The lowest BCUT2D eigenvalue weighted by molar-refractivity contribution is -0.122. The van der Waals surface area contributed by atoms with Gasteiger partial charge < -0.3 is 15.9 Å². The SMILES string of the molecule is CC(C)(c1ccc(C(=O)O)cc1)c1ccc(C(=O)O)cc1.CCC(Br)(CC)C(=O)NC(N)=O.Cl. The molecule has 34 heavy (non-hydrogen) atoms. The van der Waals surface area contributed by atoms with Crippen LogP contribution in [0.2, 0.25) is 0 Å². The Hall–Kier alpha value is -2.91. The van der Waals surface area contributed by atoms with Gasteiger partial charge in [0.15, 0.2) is 0 Å². The third kappa shape index (κ3) is 8.14. The highest BCUT2D eigenvalue weighted by Gasteiger charge is 2.32. The van der Waals surface area contributed by atoms with Crippen LogP contribution in [0.4, 0.5) is 4.79 Å². The molecule has 2 aromatic rings. The molecule has 186 valence electrons. The van der Waals surface area contributed by atoms with Crippen LogP contribution in [-0.2, 0) is 10.2 Å². The van der Waals surface area contributed by atoms with Gasteiger partial charge in [0.2, 0.25) is 5.91 Å². The summed E-state index contributed by atoms with van der Waals surface area (Å²) in [5, 5.41) is 19.9. The summed E-state index contributed by atoms with van der Waals surface area (Å²) >= 11 is 3.26. The van der Waals surface area contributed by atoms with Gasteiger partial charge in [0.25, 0.3) is 0 Å². The Labute approximate surface area is 213 Å².